The number of nitrogens with zero attached hydrogens (tertiary/aromatic N) is 1. The van der Waals surface area contributed by atoms with E-state index in [4.69, 9.17) is 4.74 Å². The Labute approximate surface area is 150 Å². The summed E-state index contributed by atoms with van der Waals surface area (Å²) < 4.78 is 5.45. The average molecular weight is 341 g/mol. The van der Waals surface area contributed by atoms with E-state index in [1.807, 2.05) is 32.0 Å². The van der Waals surface area contributed by atoms with Gasteiger partial charge in [0.1, 0.15) is 5.60 Å². The fourth-order valence-electron chi connectivity index (χ4n) is 2.97. The summed E-state index contributed by atoms with van der Waals surface area (Å²) in [6, 6.07) is 7.39. The van der Waals surface area contributed by atoms with Crippen LogP contribution >= 0.6 is 0 Å². The van der Waals surface area contributed by atoms with Gasteiger partial charge in [0.05, 0.1) is 11.1 Å². The molecule has 4 heteroatoms. The van der Waals surface area contributed by atoms with Gasteiger partial charge in [-0.2, -0.15) is 0 Å². The second kappa shape index (κ2) is 6.92. The summed E-state index contributed by atoms with van der Waals surface area (Å²) in [6.45, 7) is 11.2. The Morgan fingerprint density at radius 1 is 1.32 bits per heavy atom. The van der Waals surface area contributed by atoms with Gasteiger partial charge in [0.15, 0.2) is 0 Å². The second-order valence-electron chi connectivity index (χ2n) is 7.63. The SMILES string of the molecule is CCCC#C[C@H](C)[C@@]1(C)C(=O)N(C(=O)OC(C)(C)C)c2ccccc21. The van der Waals surface area contributed by atoms with Gasteiger partial charge in [-0.1, -0.05) is 38.0 Å². The van der Waals surface area contributed by atoms with Gasteiger partial charge in [0.2, 0.25) is 5.91 Å². The molecule has 0 N–H and O–H groups in total. The summed E-state index contributed by atoms with van der Waals surface area (Å²) in [4.78, 5) is 27.1. The number of ether oxygens (including phenoxy) is 1. The topological polar surface area (TPSA) is 46.6 Å². The van der Waals surface area contributed by atoms with Crippen LogP contribution in [0.25, 0.3) is 0 Å². The van der Waals surface area contributed by atoms with Gasteiger partial charge in [-0.3, -0.25) is 4.79 Å². The lowest BCUT2D eigenvalue weighted by Crippen LogP contribution is -2.46. The number of hydrogen-bond donors (Lipinski definition) is 0. The lowest BCUT2D eigenvalue weighted by atomic mass is 9.73. The van der Waals surface area contributed by atoms with E-state index >= 15 is 0 Å². The van der Waals surface area contributed by atoms with Crippen LogP contribution in [-0.2, 0) is 14.9 Å². The molecule has 1 aromatic rings. The number of carbonyl (C=O) groups excluding carboxylic acids is 2. The van der Waals surface area contributed by atoms with Crippen LogP contribution in [0.15, 0.2) is 24.3 Å². The number of benzene rings is 1. The number of imide groups is 1. The number of para-hydroxylation sites is 1. The molecule has 1 aromatic carbocycles. The first-order valence-corrected chi connectivity index (χ1v) is 8.78. The van der Waals surface area contributed by atoms with Crippen molar-refractivity contribution in [3.63, 3.8) is 0 Å². The summed E-state index contributed by atoms with van der Waals surface area (Å²) in [7, 11) is 0. The molecule has 1 aliphatic heterocycles. The number of rotatable bonds is 2. The van der Waals surface area contributed by atoms with Crippen LogP contribution in [0.2, 0.25) is 0 Å². The molecule has 0 bridgehead atoms. The van der Waals surface area contributed by atoms with E-state index in [1.54, 1.807) is 26.8 Å². The van der Waals surface area contributed by atoms with E-state index < -0.39 is 17.1 Å². The third kappa shape index (κ3) is 3.56. The first-order chi connectivity index (χ1) is 11.6. The maximum absolute atomic E-state index is 13.2. The number of fused-ring (bicyclic) bond motifs is 1. The highest BCUT2D eigenvalue weighted by atomic mass is 16.6. The van der Waals surface area contributed by atoms with Gasteiger partial charge in [0.25, 0.3) is 0 Å². The van der Waals surface area contributed by atoms with Gasteiger partial charge < -0.3 is 4.74 Å². The first-order valence-electron chi connectivity index (χ1n) is 8.78. The molecule has 0 saturated heterocycles. The van der Waals surface area contributed by atoms with Crippen molar-refractivity contribution >= 4 is 17.7 Å². The van der Waals surface area contributed by atoms with Crippen LogP contribution in [0.1, 0.15) is 59.9 Å². The molecule has 2 atom stereocenters. The van der Waals surface area contributed by atoms with E-state index in [-0.39, 0.29) is 11.8 Å². The Morgan fingerprint density at radius 2 is 1.96 bits per heavy atom. The highest BCUT2D eigenvalue weighted by Gasteiger charge is 2.53. The summed E-state index contributed by atoms with van der Waals surface area (Å²) in [5.41, 5.74) is -0.121. The predicted octanol–water partition coefficient (Wildman–Crippen LogP) is 4.67. The summed E-state index contributed by atoms with van der Waals surface area (Å²) in [5, 5.41) is 0. The third-order valence-corrected chi connectivity index (χ3v) is 4.49. The maximum atomic E-state index is 13.2. The van der Waals surface area contributed by atoms with Crippen molar-refractivity contribution in [2.45, 2.75) is 65.4 Å². The molecule has 2 amide bonds. The summed E-state index contributed by atoms with van der Waals surface area (Å²) in [6.07, 6.45) is 1.14. The van der Waals surface area contributed by atoms with E-state index in [9.17, 15) is 9.59 Å². The van der Waals surface area contributed by atoms with Crippen molar-refractivity contribution in [2.75, 3.05) is 4.90 Å². The Bertz CT molecular complexity index is 735. The van der Waals surface area contributed by atoms with Crippen LogP contribution < -0.4 is 4.90 Å². The molecule has 0 radical (unpaired) electrons. The Hall–Kier alpha value is -2.28. The van der Waals surface area contributed by atoms with Crippen LogP contribution in [0.3, 0.4) is 0 Å². The minimum atomic E-state index is -0.867. The molecule has 0 spiro atoms. The molecule has 1 heterocycles. The molecular formula is C21H27NO3. The van der Waals surface area contributed by atoms with E-state index in [0.717, 1.165) is 18.4 Å². The molecular weight excluding hydrogens is 314 g/mol. The smallest absolute Gasteiger partial charge is 0.421 e. The molecule has 25 heavy (non-hydrogen) atoms. The molecule has 4 nitrogen and oxygen atoms in total. The lowest BCUT2D eigenvalue weighted by molar-refractivity contribution is -0.123. The number of carbonyl (C=O) groups is 2. The quantitative estimate of drug-likeness (QED) is 0.735. The second-order valence-corrected chi connectivity index (χ2v) is 7.63. The highest BCUT2D eigenvalue weighted by molar-refractivity contribution is 6.21. The van der Waals surface area contributed by atoms with Crippen molar-refractivity contribution in [2.24, 2.45) is 5.92 Å². The van der Waals surface area contributed by atoms with E-state index in [2.05, 4.69) is 18.8 Å². The number of amides is 2. The van der Waals surface area contributed by atoms with Crippen molar-refractivity contribution < 1.29 is 14.3 Å². The van der Waals surface area contributed by atoms with E-state index in [0.29, 0.717) is 5.69 Å². The van der Waals surface area contributed by atoms with Gasteiger partial charge in [-0.25, -0.2) is 9.69 Å². The standard InChI is InChI=1S/C21H27NO3/c1-7-8-9-12-15(2)21(6)16-13-10-11-14-17(16)22(18(21)23)19(24)25-20(3,4)5/h10-11,13-15H,7-8H2,1-6H3/t15-,21+/m0/s1. The number of hydrogen-bond acceptors (Lipinski definition) is 3. The average Bonchev–Trinajstić information content (AvgIpc) is 2.75. The Balaban J connectivity index is 2.47. The molecule has 0 aromatic heterocycles. The Morgan fingerprint density at radius 3 is 2.56 bits per heavy atom. The first kappa shape index (κ1) is 19.1. The molecule has 1 aliphatic rings. The number of anilines is 1. The van der Waals surface area contributed by atoms with Crippen LogP contribution in [0.4, 0.5) is 10.5 Å². The van der Waals surface area contributed by atoms with Crippen molar-refractivity contribution in [3.05, 3.63) is 29.8 Å². The van der Waals surface area contributed by atoms with Crippen molar-refractivity contribution in [1.82, 2.24) is 0 Å². The van der Waals surface area contributed by atoms with Gasteiger partial charge >= 0.3 is 6.09 Å². The molecule has 0 aliphatic carbocycles. The highest BCUT2D eigenvalue weighted by Crippen LogP contribution is 2.46. The van der Waals surface area contributed by atoms with Crippen molar-refractivity contribution in [3.8, 4) is 11.8 Å². The summed E-state index contributed by atoms with van der Waals surface area (Å²) >= 11 is 0. The van der Waals surface area contributed by atoms with Crippen molar-refractivity contribution in [1.29, 1.82) is 0 Å². The van der Waals surface area contributed by atoms with Gasteiger partial charge in [-0.05, 0) is 45.7 Å². The number of unbranched alkanes of at least 4 members (excludes halogenated alkanes) is 1. The normalized spacial score (nSPS) is 20.6. The van der Waals surface area contributed by atoms with Gasteiger partial charge in [0, 0.05) is 12.3 Å². The monoisotopic (exact) mass is 341 g/mol. The van der Waals surface area contributed by atoms with Crippen LogP contribution in [0.5, 0.6) is 0 Å². The molecule has 134 valence electrons. The lowest BCUT2D eigenvalue weighted by Gasteiger charge is -2.28. The third-order valence-electron chi connectivity index (χ3n) is 4.49. The minimum Gasteiger partial charge on any atom is -0.443 e. The zero-order valence-corrected chi connectivity index (χ0v) is 16.0. The fourth-order valence-corrected chi connectivity index (χ4v) is 2.97. The minimum absolute atomic E-state index is 0.208. The Kier molecular flexibility index (Phi) is 5.27. The largest absolute Gasteiger partial charge is 0.443 e. The summed E-state index contributed by atoms with van der Waals surface area (Å²) in [5.74, 6) is 5.84. The molecule has 0 unspecified atom stereocenters. The van der Waals surface area contributed by atoms with E-state index in [1.165, 1.54) is 4.90 Å². The van der Waals surface area contributed by atoms with Crippen LogP contribution in [0, 0.1) is 17.8 Å². The predicted molar refractivity (Wildman–Crippen MR) is 99.4 cm³/mol. The maximum Gasteiger partial charge on any atom is 0.421 e. The fraction of sp³-hybridized carbons (Fsp3) is 0.524. The zero-order chi connectivity index (χ0) is 18.8. The zero-order valence-electron chi connectivity index (χ0n) is 16.0. The molecule has 0 saturated carbocycles. The van der Waals surface area contributed by atoms with Gasteiger partial charge in [-0.15, -0.1) is 5.92 Å². The molecule has 0 fully saturated rings. The molecule has 2 rings (SSSR count). The van der Waals surface area contributed by atoms with Crippen LogP contribution in [-0.4, -0.2) is 17.6 Å².